The molecule has 1 aliphatic rings. The molecule has 0 saturated carbocycles. The molecule has 1 aromatic heterocycles. The van der Waals surface area contributed by atoms with Gasteiger partial charge in [-0.15, -0.1) is 0 Å². The average molecular weight is 463 g/mol. The lowest BCUT2D eigenvalue weighted by molar-refractivity contribution is -0.0598. The molecule has 1 N–H and O–H groups in total. The van der Waals surface area contributed by atoms with E-state index in [2.05, 4.69) is 11.6 Å². The molecule has 4 rings (SSSR count). The topological polar surface area (TPSA) is 99.6 Å². The molecule has 0 aliphatic carbocycles. The quantitative estimate of drug-likeness (QED) is 0.427. The monoisotopic (exact) mass is 462 g/mol. The summed E-state index contributed by atoms with van der Waals surface area (Å²) < 4.78 is 18.5. The molecule has 3 unspecified atom stereocenters. The van der Waals surface area contributed by atoms with Gasteiger partial charge in [0.2, 0.25) is 0 Å². The fraction of sp³-hybridized carbons (Fsp3) is 0.269. The molecule has 4 atom stereocenters. The van der Waals surface area contributed by atoms with Crippen LogP contribution in [-0.4, -0.2) is 34.3 Å². The summed E-state index contributed by atoms with van der Waals surface area (Å²) >= 11 is 0. The van der Waals surface area contributed by atoms with Gasteiger partial charge in [-0.1, -0.05) is 56.0 Å². The minimum atomic E-state index is -0.815. The number of H-pyrrole nitrogens is 1. The summed E-state index contributed by atoms with van der Waals surface area (Å²) in [6.45, 7) is 7.05. The van der Waals surface area contributed by atoms with Crippen molar-refractivity contribution >= 4 is 5.97 Å². The van der Waals surface area contributed by atoms with Crippen molar-refractivity contribution < 1.29 is 19.0 Å². The highest BCUT2D eigenvalue weighted by Crippen LogP contribution is 2.35. The van der Waals surface area contributed by atoms with Crippen LogP contribution in [0.1, 0.15) is 29.1 Å². The number of ether oxygens (including phenoxy) is 3. The lowest BCUT2D eigenvalue weighted by Gasteiger charge is -2.22. The number of rotatable bonds is 7. The van der Waals surface area contributed by atoms with E-state index in [1.807, 2.05) is 49.4 Å². The number of aryl methyl sites for hydroxylation is 1. The fourth-order valence-electron chi connectivity index (χ4n) is 4.01. The van der Waals surface area contributed by atoms with Crippen molar-refractivity contribution in [2.24, 2.45) is 5.92 Å². The minimum Gasteiger partial charge on any atom is -0.494 e. The van der Waals surface area contributed by atoms with E-state index in [0.717, 1.165) is 11.1 Å². The van der Waals surface area contributed by atoms with Gasteiger partial charge >= 0.3 is 11.7 Å². The molecule has 1 fully saturated rings. The Bertz CT molecular complexity index is 1280. The minimum absolute atomic E-state index is 0.0228. The number of nitrogens with zero attached hydrogens (tertiary/aromatic N) is 1. The van der Waals surface area contributed by atoms with Crippen LogP contribution in [0.5, 0.6) is 0 Å². The Labute approximate surface area is 196 Å². The smallest absolute Gasteiger partial charge is 0.338 e. The lowest BCUT2D eigenvalue weighted by atomic mass is 10.0. The van der Waals surface area contributed by atoms with Gasteiger partial charge < -0.3 is 14.2 Å². The van der Waals surface area contributed by atoms with Gasteiger partial charge in [-0.05, 0) is 30.2 Å². The van der Waals surface area contributed by atoms with Crippen molar-refractivity contribution in [1.29, 1.82) is 0 Å². The number of benzene rings is 2. The van der Waals surface area contributed by atoms with E-state index >= 15 is 0 Å². The molecular formula is C26H26N2O6. The summed E-state index contributed by atoms with van der Waals surface area (Å²) in [6, 6.07) is 17.0. The van der Waals surface area contributed by atoms with Gasteiger partial charge in [-0.25, -0.2) is 9.59 Å². The van der Waals surface area contributed by atoms with Gasteiger partial charge in [-0.2, -0.15) is 0 Å². The van der Waals surface area contributed by atoms with Crippen LogP contribution in [0.4, 0.5) is 0 Å². The van der Waals surface area contributed by atoms with Crippen LogP contribution in [0, 0.1) is 12.8 Å². The van der Waals surface area contributed by atoms with Crippen molar-refractivity contribution in [1.82, 2.24) is 9.55 Å². The number of hydrogen-bond acceptors (Lipinski definition) is 6. The Morgan fingerprint density at radius 1 is 1.12 bits per heavy atom. The molecule has 34 heavy (non-hydrogen) atoms. The molecule has 0 bridgehead atoms. The Morgan fingerprint density at radius 2 is 1.79 bits per heavy atom. The number of aromatic amines is 1. The van der Waals surface area contributed by atoms with Crippen LogP contribution >= 0.6 is 0 Å². The fourth-order valence-corrected chi connectivity index (χ4v) is 4.01. The predicted molar refractivity (Wildman–Crippen MR) is 126 cm³/mol. The van der Waals surface area contributed by atoms with Gasteiger partial charge in [0.1, 0.15) is 18.8 Å². The first-order valence-electron chi connectivity index (χ1n) is 11.0. The molecule has 2 aromatic carbocycles. The largest absolute Gasteiger partial charge is 0.494 e. The zero-order valence-corrected chi connectivity index (χ0v) is 19.0. The van der Waals surface area contributed by atoms with Crippen molar-refractivity contribution in [2.45, 2.75) is 32.3 Å². The maximum atomic E-state index is 12.6. The lowest BCUT2D eigenvalue weighted by Crippen LogP contribution is -2.37. The Morgan fingerprint density at radius 3 is 2.47 bits per heavy atom. The predicted octanol–water partition coefficient (Wildman–Crippen LogP) is 3.43. The standard InChI is InChI=1S/C26H26N2O6/c1-4-32-22-17(3)21(34-24(22)28-14-16(2)23(29)27-26(28)31)15-33-25(30)20-12-10-19(11-13-20)18-8-6-5-7-9-18/h4-14,17,21-22,24H,1,15H2,2-3H3,(H,27,29,31)/t17?,21?,22-,24?/m1/s1. The van der Waals surface area contributed by atoms with E-state index in [9.17, 15) is 14.4 Å². The van der Waals surface area contributed by atoms with E-state index < -0.39 is 35.7 Å². The molecule has 1 saturated heterocycles. The number of esters is 1. The van der Waals surface area contributed by atoms with E-state index in [1.165, 1.54) is 17.0 Å². The summed E-state index contributed by atoms with van der Waals surface area (Å²) in [5, 5.41) is 0. The first kappa shape index (κ1) is 23.3. The van der Waals surface area contributed by atoms with Crippen LogP contribution in [0.3, 0.4) is 0 Å². The second kappa shape index (κ2) is 9.93. The molecule has 176 valence electrons. The molecule has 8 nitrogen and oxygen atoms in total. The maximum Gasteiger partial charge on any atom is 0.338 e. The van der Waals surface area contributed by atoms with E-state index in [0.29, 0.717) is 11.1 Å². The van der Waals surface area contributed by atoms with Gasteiger partial charge in [0.15, 0.2) is 6.23 Å². The first-order chi connectivity index (χ1) is 16.4. The van der Waals surface area contributed by atoms with E-state index in [1.54, 1.807) is 19.1 Å². The van der Waals surface area contributed by atoms with Gasteiger partial charge in [0.05, 0.1) is 11.8 Å². The van der Waals surface area contributed by atoms with Crippen LogP contribution in [-0.2, 0) is 14.2 Å². The summed E-state index contributed by atoms with van der Waals surface area (Å²) in [5.74, 6) is -0.701. The molecule has 1 aliphatic heterocycles. The number of hydrogen-bond donors (Lipinski definition) is 1. The summed E-state index contributed by atoms with van der Waals surface area (Å²) in [4.78, 5) is 39.0. The van der Waals surface area contributed by atoms with Gasteiger partial charge in [-0.3, -0.25) is 14.3 Å². The summed E-state index contributed by atoms with van der Waals surface area (Å²) in [7, 11) is 0. The summed E-state index contributed by atoms with van der Waals surface area (Å²) in [6.07, 6.45) is 0.811. The summed E-state index contributed by atoms with van der Waals surface area (Å²) in [5.41, 5.74) is 1.77. The Hall–Kier alpha value is -3.91. The van der Waals surface area contributed by atoms with Crippen LogP contribution in [0.15, 0.2) is 83.2 Å². The second-order valence-corrected chi connectivity index (χ2v) is 8.21. The van der Waals surface area contributed by atoms with Crippen LogP contribution in [0.25, 0.3) is 11.1 Å². The van der Waals surface area contributed by atoms with Gasteiger partial charge in [0.25, 0.3) is 5.56 Å². The SMILES string of the molecule is C=CO[C@@H]1C(C)C(COC(=O)c2ccc(-c3ccccc3)cc2)OC1n1cc(C)c(=O)[nH]c1=O. The molecule has 8 heteroatoms. The van der Waals surface area contributed by atoms with Crippen LogP contribution < -0.4 is 11.2 Å². The third kappa shape index (κ3) is 4.72. The highest BCUT2D eigenvalue weighted by Gasteiger charge is 2.45. The molecular weight excluding hydrogens is 436 g/mol. The van der Waals surface area contributed by atoms with E-state index in [-0.39, 0.29) is 12.5 Å². The number of aromatic nitrogens is 2. The normalized spacial score (nSPS) is 21.7. The number of carbonyl (C=O) groups excluding carboxylic acids is 1. The number of nitrogens with one attached hydrogen (secondary N) is 1. The Balaban J connectivity index is 1.46. The molecule has 2 heterocycles. The van der Waals surface area contributed by atoms with E-state index in [4.69, 9.17) is 14.2 Å². The second-order valence-electron chi connectivity index (χ2n) is 8.21. The van der Waals surface area contributed by atoms with Crippen molar-refractivity contribution in [3.63, 3.8) is 0 Å². The molecule has 3 aromatic rings. The van der Waals surface area contributed by atoms with Gasteiger partial charge in [0, 0.05) is 17.7 Å². The van der Waals surface area contributed by atoms with Crippen LogP contribution in [0.2, 0.25) is 0 Å². The third-order valence-electron chi connectivity index (χ3n) is 5.98. The highest BCUT2D eigenvalue weighted by molar-refractivity contribution is 5.90. The maximum absolute atomic E-state index is 12.6. The van der Waals surface area contributed by atoms with Crippen molar-refractivity contribution in [2.75, 3.05) is 6.61 Å². The highest BCUT2D eigenvalue weighted by atomic mass is 16.6. The Kier molecular flexibility index (Phi) is 6.79. The first-order valence-corrected chi connectivity index (χ1v) is 11.0. The molecule has 0 radical (unpaired) electrons. The zero-order chi connectivity index (χ0) is 24.2. The number of carbonyl (C=O) groups is 1. The zero-order valence-electron chi connectivity index (χ0n) is 19.0. The van der Waals surface area contributed by atoms with Crippen molar-refractivity contribution in [3.8, 4) is 11.1 Å². The molecule has 0 spiro atoms. The third-order valence-corrected chi connectivity index (χ3v) is 5.98. The van der Waals surface area contributed by atoms with Crippen molar-refractivity contribution in [3.05, 3.63) is 106 Å². The molecule has 0 amide bonds. The average Bonchev–Trinajstić information content (AvgIpc) is 3.15.